The highest BCUT2D eigenvalue weighted by Crippen LogP contribution is 2.22. The number of nitrogens with zero attached hydrogens (tertiary/aromatic N) is 4. The SMILES string of the molecule is FC(F)(F)Cn1ncc2c(Cl)ncnc21. The number of halogens is 4. The Labute approximate surface area is 86.7 Å². The van der Waals surface area contributed by atoms with Crippen molar-refractivity contribution in [1.29, 1.82) is 0 Å². The molecule has 2 heterocycles. The number of aromatic nitrogens is 4. The van der Waals surface area contributed by atoms with E-state index < -0.39 is 12.7 Å². The van der Waals surface area contributed by atoms with Gasteiger partial charge < -0.3 is 0 Å². The predicted octanol–water partition coefficient (Wildman–Crippen LogP) is 2.04. The third kappa shape index (κ3) is 2.01. The van der Waals surface area contributed by atoms with Crippen LogP contribution in [0.1, 0.15) is 0 Å². The molecule has 0 aliphatic carbocycles. The largest absolute Gasteiger partial charge is 0.408 e. The van der Waals surface area contributed by atoms with E-state index in [9.17, 15) is 13.2 Å². The van der Waals surface area contributed by atoms with E-state index in [0.717, 1.165) is 11.0 Å². The lowest BCUT2D eigenvalue weighted by atomic mass is 10.4. The van der Waals surface area contributed by atoms with Crippen molar-refractivity contribution in [3.8, 4) is 0 Å². The Balaban J connectivity index is 2.50. The summed E-state index contributed by atoms with van der Waals surface area (Å²) in [6.45, 7) is -1.19. The second-order valence-corrected chi connectivity index (χ2v) is 3.18. The molecule has 4 nitrogen and oxygen atoms in total. The number of hydrogen-bond donors (Lipinski definition) is 0. The quantitative estimate of drug-likeness (QED) is 0.712. The fourth-order valence-electron chi connectivity index (χ4n) is 1.15. The van der Waals surface area contributed by atoms with Gasteiger partial charge in [0.25, 0.3) is 0 Å². The molecule has 0 aliphatic heterocycles. The van der Waals surface area contributed by atoms with Crippen molar-refractivity contribution in [3.63, 3.8) is 0 Å². The molecule has 0 N–H and O–H groups in total. The maximum Gasteiger partial charge on any atom is 0.408 e. The highest BCUT2D eigenvalue weighted by Gasteiger charge is 2.29. The normalized spacial score (nSPS) is 12.3. The minimum atomic E-state index is -4.34. The smallest absolute Gasteiger partial charge is 0.238 e. The Bertz CT molecular complexity index is 492. The van der Waals surface area contributed by atoms with Gasteiger partial charge in [-0.1, -0.05) is 11.6 Å². The van der Waals surface area contributed by atoms with Crippen LogP contribution >= 0.6 is 11.6 Å². The number of rotatable bonds is 1. The fraction of sp³-hybridized carbons (Fsp3) is 0.286. The molecule has 0 aromatic carbocycles. The lowest BCUT2D eigenvalue weighted by Crippen LogP contribution is -2.18. The molecule has 0 atom stereocenters. The minimum Gasteiger partial charge on any atom is -0.238 e. The van der Waals surface area contributed by atoms with Crippen molar-refractivity contribution in [3.05, 3.63) is 17.7 Å². The molecular weight excluding hydrogens is 233 g/mol. The molecule has 0 fully saturated rings. The molecule has 0 bridgehead atoms. The lowest BCUT2D eigenvalue weighted by Gasteiger charge is -2.06. The number of hydrogen-bond acceptors (Lipinski definition) is 3. The second-order valence-electron chi connectivity index (χ2n) is 2.82. The van der Waals surface area contributed by atoms with Crippen LogP contribution in [-0.2, 0) is 6.54 Å². The molecule has 8 heteroatoms. The summed E-state index contributed by atoms with van der Waals surface area (Å²) >= 11 is 5.66. The van der Waals surface area contributed by atoms with Crippen LogP contribution in [0.25, 0.3) is 11.0 Å². The summed E-state index contributed by atoms with van der Waals surface area (Å²) in [5.41, 5.74) is 0.0762. The average Bonchev–Trinajstić information content (AvgIpc) is 2.48. The van der Waals surface area contributed by atoms with Crippen LogP contribution in [0.15, 0.2) is 12.5 Å². The summed E-state index contributed by atoms with van der Waals surface area (Å²) < 4.78 is 37.1. The molecule has 0 unspecified atom stereocenters. The fourth-order valence-corrected chi connectivity index (χ4v) is 1.33. The van der Waals surface area contributed by atoms with Gasteiger partial charge in [-0.3, -0.25) is 0 Å². The van der Waals surface area contributed by atoms with Crippen LogP contribution in [0.4, 0.5) is 13.2 Å². The van der Waals surface area contributed by atoms with Crippen molar-refractivity contribution < 1.29 is 13.2 Å². The predicted molar refractivity (Wildman–Crippen MR) is 46.4 cm³/mol. The molecule has 0 radical (unpaired) electrons. The minimum absolute atomic E-state index is 0.0762. The van der Waals surface area contributed by atoms with Gasteiger partial charge in [0.15, 0.2) is 5.65 Å². The van der Waals surface area contributed by atoms with E-state index >= 15 is 0 Å². The second kappa shape index (κ2) is 3.34. The van der Waals surface area contributed by atoms with Crippen LogP contribution in [0.2, 0.25) is 5.15 Å². The summed E-state index contributed by atoms with van der Waals surface area (Å²) in [5.74, 6) is 0. The van der Waals surface area contributed by atoms with E-state index in [1.807, 2.05) is 0 Å². The Kier molecular flexibility index (Phi) is 2.26. The van der Waals surface area contributed by atoms with Crippen LogP contribution < -0.4 is 0 Å². The van der Waals surface area contributed by atoms with Gasteiger partial charge in [0, 0.05) is 0 Å². The van der Waals surface area contributed by atoms with Crippen molar-refractivity contribution in [1.82, 2.24) is 19.7 Å². The zero-order valence-corrected chi connectivity index (χ0v) is 7.92. The van der Waals surface area contributed by atoms with Gasteiger partial charge >= 0.3 is 6.18 Å². The topological polar surface area (TPSA) is 43.6 Å². The average molecular weight is 237 g/mol. The molecule has 0 spiro atoms. The standard InChI is InChI=1S/C7H4ClF3N4/c8-5-4-1-14-15(2-7(9,10)11)6(4)13-3-12-5/h1,3H,2H2. The van der Waals surface area contributed by atoms with Gasteiger partial charge in [0.1, 0.15) is 18.0 Å². The summed E-state index contributed by atoms with van der Waals surface area (Å²) in [5, 5.41) is 3.95. The van der Waals surface area contributed by atoms with Crippen LogP contribution in [0.5, 0.6) is 0 Å². The van der Waals surface area contributed by atoms with Gasteiger partial charge in [-0.2, -0.15) is 18.3 Å². The maximum atomic E-state index is 12.1. The van der Waals surface area contributed by atoms with E-state index in [2.05, 4.69) is 15.1 Å². The summed E-state index contributed by atoms with van der Waals surface area (Å²) in [4.78, 5) is 7.33. The van der Waals surface area contributed by atoms with Crippen molar-refractivity contribution in [2.45, 2.75) is 12.7 Å². The first-order chi connectivity index (χ1) is 6.97. The van der Waals surface area contributed by atoms with Crippen molar-refractivity contribution >= 4 is 22.6 Å². The molecule has 2 aromatic rings. The molecule has 80 valence electrons. The Morgan fingerprint density at radius 3 is 2.73 bits per heavy atom. The monoisotopic (exact) mass is 236 g/mol. The molecule has 0 amide bonds. The highest BCUT2D eigenvalue weighted by atomic mass is 35.5. The Morgan fingerprint density at radius 2 is 2.07 bits per heavy atom. The molecule has 15 heavy (non-hydrogen) atoms. The molecule has 0 aliphatic rings. The number of fused-ring (bicyclic) bond motifs is 1. The first kappa shape index (κ1) is 10.2. The zero-order valence-electron chi connectivity index (χ0n) is 7.16. The summed E-state index contributed by atoms with van der Waals surface area (Å²) in [6, 6.07) is 0. The maximum absolute atomic E-state index is 12.1. The first-order valence-corrected chi connectivity index (χ1v) is 4.24. The van der Waals surface area contributed by atoms with E-state index in [1.165, 1.54) is 6.20 Å². The first-order valence-electron chi connectivity index (χ1n) is 3.86. The molecule has 2 rings (SSSR count). The summed E-state index contributed by atoms with van der Waals surface area (Å²) in [7, 11) is 0. The van der Waals surface area contributed by atoms with Gasteiger partial charge in [-0.05, 0) is 0 Å². The van der Waals surface area contributed by atoms with Gasteiger partial charge in [-0.15, -0.1) is 0 Å². The van der Waals surface area contributed by atoms with Crippen LogP contribution in [0, 0.1) is 0 Å². The zero-order chi connectivity index (χ0) is 11.1. The van der Waals surface area contributed by atoms with Gasteiger partial charge in [-0.25, -0.2) is 14.6 Å². The van der Waals surface area contributed by atoms with Crippen LogP contribution in [-0.4, -0.2) is 25.9 Å². The highest BCUT2D eigenvalue weighted by molar-refractivity contribution is 6.33. The molecule has 2 aromatic heterocycles. The van der Waals surface area contributed by atoms with Crippen molar-refractivity contribution in [2.24, 2.45) is 0 Å². The number of alkyl halides is 3. The van der Waals surface area contributed by atoms with Gasteiger partial charge in [0.05, 0.1) is 11.6 Å². The van der Waals surface area contributed by atoms with E-state index in [0.29, 0.717) is 5.39 Å². The Morgan fingerprint density at radius 1 is 1.33 bits per heavy atom. The molecule has 0 saturated heterocycles. The third-order valence-corrected chi connectivity index (χ3v) is 2.02. The summed E-state index contributed by atoms with van der Waals surface area (Å²) in [6.07, 6.45) is -2.03. The lowest BCUT2D eigenvalue weighted by molar-refractivity contribution is -0.141. The van der Waals surface area contributed by atoms with Crippen LogP contribution in [0.3, 0.4) is 0 Å². The Hall–Kier alpha value is -1.37. The molecule has 0 saturated carbocycles. The molecular formula is C7H4ClF3N4. The van der Waals surface area contributed by atoms with E-state index in [4.69, 9.17) is 11.6 Å². The van der Waals surface area contributed by atoms with Crippen molar-refractivity contribution in [2.75, 3.05) is 0 Å². The third-order valence-electron chi connectivity index (χ3n) is 1.71. The van der Waals surface area contributed by atoms with E-state index in [1.54, 1.807) is 0 Å². The van der Waals surface area contributed by atoms with Gasteiger partial charge in [0.2, 0.25) is 0 Å². The van der Waals surface area contributed by atoms with E-state index in [-0.39, 0.29) is 10.8 Å².